The van der Waals surface area contributed by atoms with Crippen LogP contribution in [0.3, 0.4) is 0 Å². The Morgan fingerprint density at radius 2 is 1.77 bits per heavy atom. The van der Waals surface area contributed by atoms with Crippen LogP contribution in [0.2, 0.25) is 0 Å². The number of aryl methyl sites for hydroxylation is 1. The van der Waals surface area contributed by atoms with Crippen molar-refractivity contribution in [1.82, 2.24) is 29.5 Å². The van der Waals surface area contributed by atoms with Gasteiger partial charge in [0.25, 0.3) is 5.56 Å². The number of hydrogen-bond acceptors (Lipinski definition) is 9. The molecule has 0 bridgehead atoms. The van der Waals surface area contributed by atoms with Crippen LogP contribution >= 0.6 is 0 Å². The number of nitrogens with zero attached hydrogens (tertiary/aromatic N) is 8. The van der Waals surface area contributed by atoms with Gasteiger partial charge in [0, 0.05) is 57.3 Å². The first kappa shape index (κ1) is 26.1. The largest absolute Gasteiger partial charge is 0.364 e. The first-order valence-electron chi connectivity index (χ1n) is 13.4. The number of aromatic nitrogens is 4. The van der Waals surface area contributed by atoms with Crippen LogP contribution in [0, 0.1) is 17.1 Å². The molecule has 0 amide bonds. The normalized spacial score (nSPS) is 21.4. The second kappa shape index (κ2) is 10.1. The summed E-state index contributed by atoms with van der Waals surface area (Å²) in [6.07, 6.45) is 0. The van der Waals surface area contributed by atoms with Crippen LogP contribution in [0.1, 0.15) is 48.8 Å². The molecule has 0 saturated carbocycles. The Bertz CT molecular complexity index is 1650. The lowest BCUT2D eigenvalue weighted by molar-refractivity contribution is 0.110. The number of benzene rings is 1. The summed E-state index contributed by atoms with van der Waals surface area (Å²) >= 11 is 0. The van der Waals surface area contributed by atoms with Gasteiger partial charge in [-0.2, -0.15) is 10.2 Å². The molecule has 206 valence electrons. The molecule has 10 nitrogen and oxygen atoms in total. The van der Waals surface area contributed by atoms with Crippen molar-refractivity contribution in [2.45, 2.75) is 37.9 Å². The van der Waals surface area contributed by atoms with Crippen LogP contribution < -0.4 is 10.5 Å². The van der Waals surface area contributed by atoms with E-state index in [0.717, 1.165) is 18.7 Å². The van der Waals surface area contributed by atoms with Gasteiger partial charge < -0.3 is 18.9 Å². The van der Waals surface area contributed by atoms with E-state index in [-0.39, 0.29) is 35.4 Å². The van der Waals surface area contributed by atoms with Crippen molar-refractivity contribution in [1.29, 1.82) is 5.26 Å². The number of nitriles is 1. The molecule has 40 heavy (non-hydrogen) atoms. The van der Waals surface area contributed by atoms with Gasteiger partial charge in [0.1, 0.15) is 29.1 Å². The summed E-state index contributed by atoms with van der Waals surface area (Å²) in [5.41, 5.74) is 3.04. The monoisotopic (exact) mass is 542 g/mol. The van der Waals surface area contributed by atoms with E-state index in [1.165, 1.54) is 12.1 Å². The number of likely N-dealkylation sites (N-methyl/N-ethyl adjacent to an activating group) is 1. The number of fused-ring (bicyclic) bond motifs is 1. The minimum atomic E-state index is -0.358. The first-order valence-corrected chi connectivity index (χ1v) is 13.4. The van der Waals surface area contributed by atoms with Gasteiger partial charge in [-0.25, -0.2) is 9.37 Å². The fraction of sp³-hybridized carbons (Fsp3) is 0.414. The van der Waals surface area contributed by atoms with E-state index in [4.69, 9.17) is 9.51 Å². The number of hydrogen-bond donors (Lipinski definition) is 0. The molecule has 6 rings (SSSR count). The molecular formula is C29H31FN8O2. The molecule has 0 aliphatic carbocycles. The van der Waals surface area contributed by atoms with E-state index in [0.29, 0.717) is 47.2 Å². The van der Waals surface area contributed by atoms with Crippen molar-refractivity contribution in [2.75, 3.05) is 38.1 Å². The second-order valence-corrected chi connectivity index (χ2v) is 11.0. The second-order valence-electron chi connectivity index (χ2n) is 11.0. The predicted molar refractivity (Wildman–Crippen MR) is 147 cm³/mol. The van der Waals surface area contributed by atoms with Crippen molar-refractivity contribution in [2.24, 2.45) is 7.05 Å². The van der Waals surface area contributed by atoms with Gasteiger partial charge in [-0.15, -0.1) is 0 Å². The maximum atomic E-state index is 13.9. The van der Waals surface area contributed by atoms with Crippen LogP contribution in [0.5, 0.6) is 0 Å². The van der Waals surface area contributed by atoms with Gasteiger partial charge in [-0.1, -0.05) is 17.3 Å². The Hall–Kier alpha value is -4.14. The molecule has 11 heteroatoms. The predicted octanol–water partition coefficient (Wildman–Crippen LogP) is 3.04. The van der Waals surface area contributed by atoms with Gasteiger partial charge in [0.15, 0.2) is 5.82 Å². The minimum Gasteiger partial charge on any atom is -0.364 e. The smallest absolute Gasteiger partial charge is 0.252 e. The van der Waals surface area contributed by atoms with Crippen molar-refractivity contribution in [3.8, 4) is 6.07 Å². The molecule has 2 fully saturated rings. The summed E-state index contributed by atoms with van der Waals surface area (Å²) in [7, 11) is 3.77. The maximum absolute atomic E-state index is 13.9. The van der Waals surface area contributed by atoms with Crippen LogP contribution in [-0.4, -0.2) is 74.8 Å². The Morgan fingerprint density at radius 1 is 1.02 bits per heavy atom. The quantitative estimate of drug-likeness (QED) is 0.376. The third kappa shape index (κ3) is 4.53. The fourth-order valence-electron chi connectivity index (χ4n) is 5.95. The molecule has 5 heterocycles. The van der Waals surface area contributed by atoms with E-state index in [1.54, 1.807) is 41.9 Å². The summed E-state index contributed by atoms with van der Waals surface area (Å²) in [4.78, 5) is 29.0. The van der Waals surface area contributed by atoms with E-state index >= 15 is 0 Å². The highest BCUT2D eigenvalue weighted by Crippen LogP contribution is 2.36. The summed E-state index contributed by atoms with van der Waals surface area (Å²) in [5, 5.41) is 13.8. The topological polar surface area (TPSA) is 107 Å². The summed E-state index contributed by atoms with van der Waals surface area (Å²) in [6.45, 7) is 7.19. The summed E-state index contributed by atoms with van der Waals surface area (Å²) < 4.78 is 21.3. The lowest BCUT2D eigenvalue weighted by Gasteiger charge is -2.47. The van der Waals surface area contributed by atoms with E-state index in [9.17, 15) is 14.4 Å². The molecule has 2 aliphatic heterocycles. The zero-order valence-electron chi connectivity index (χ0n) is 23.0. The van der Waals surface area contributed by atoms with Gasteiger partial charge in [0.05, 0.1) is 11.2 Å². The van der Waals surface area contributed by atoms with Crippen LogP contribution in [-0.2, 0) is 7.05 Å². The van der Waals surface area contributed by atoms with Crippen LogP contribution in [0.4, 0.5) is 10.1 Å². The molecule has 1 aromatic carbocycles. The van der Waals surface area contributed by atoms with Crippen molar-refractivity contribution in [3.05, 3.63) is 81.6 Å². The zero-order chi connectivity index (χ0) is 28.1. The summed E-state index contributed by atoms with van der Waals surface area (Å²) in [5.74, 6) is 1.12. The highest BCUT2D eigenvalue weighted by Gasteiger charge is 2.39. The fourth-order valence-corrected chi connectivity index (χ4v) is 5.95. The number of anilines is 1. The van der Waals surface area contributed by atoms with Crippen LogP contribution in [0.25, 0.3) is 11.0 Å². The van der Waals surface area contributed by atoms with E-state index in [2.05, 4.69) is 51.8 Å². The molecular weight excluding hydrogens is 511 g/mol. The first-order chi connectivity index (χ1) is 19.2. The van der Waals surface area contributed by atoms with E-state index < -0.39 is 0 Å². The molecule has 0 N–H and O–H groups in total. The van der Waals surface area contributed by atoms with Crippen molar-refractivity contribution >= 4 is 16.7 Å². The molecule has 2 unspecified atom stereocenters. The van der Waals surface area contributed by atoms with Crippen molar-refractivity contribution < 1.29 is 8.91 Å². The maximum Gasteiger partial charge on any atom is 0.252 e. The number of likely N-dealkylation sites (tertiary alicyclic amines) is 1. The van der Waals surface area contributed by atoms with Crippen molar-refractivity contribution in [3.63, 3.8) is 0 Å². The Balaban J connectivity index is 1.36. The highest BCUT2D eigenvalue weighted by molar-refractivity contribution is 5.89. The van der Waals surface area contributed by atoms with Gasteiger partial charge in [-0.05, 0) is 50.7 Å². The Labute approximate surface area is 231 Å². The Kier molecular flexibility index (Phi) is 6.60. The molecule has 0 radical (unpaired) electrons. The SMILES string of the molecule is CC1CN(c2cc(=O)n(C)c3ccc(C#N)nc23)[C@@H](C)CN1C(c1ccc(F)cc1)c1nc(C2CN(C)C2)no1. The van der Waals surface area contributed by atoms with E-state index in [1.807, 2.05) is 0 Å². The number of pyridine rings is 2. The molecule has 2 aliphatic rings. The lowest BCUT2D eigenvalue weighted by atomic mass is 9.98. The molecule has 3 aromatic heterocycles. The molecule has 0 spiro atoms. The molecule has 3 atom stereocenters. The number of halogens is 1. The lowest BCUT2D eigenvalue weighted by Crippen LogP contribution is -2.57. The third-order valence-electron chi connectivity index (χ3n) is 8.16. The minimum absolute atomic E-state index is 0.00491. The highest BCUT2D eigenvalue weighted by atomic mass is 19.1. The number of rotatable bonds is 5. The average Bonchev–Trinajstić information content (AvgIpc) is 3.40. The third-order valence-corrected chi connectivity index (χ3v) is 8.16. The van der Waals surface area contributed by atoms with Gasteiger partial charge >= 0.3 is 0 Å². The molecule has 2 saturated heterocycles. The Morgan fingerprint density at radius 3 is 2.48 bits per heavy atom. The number of piperazine rings is 1. The average molecular weight is 543 g/mol. The van der Waals surface area contributed by atoms with Gasteiger partial charge in [-0.3, -0.25) is 9.69 Å². The molecule has 4 aromatic rings. The van der Waals surface area contributed by atoms with Crippen LogP contribution in [0.15, 0.2) is 51.8 Å². The van der Waals surface area contributed by atoms with Gasteiger partial charge in [0.2, 0.25) is 5.89 Å². The summed E-state index contributed by atoms with van der Waals surface area (Å²) in [6, 6.07) is 13.2. The zero-order valence-corrected chi connectivity index (χ0v) is 23.0. The standard InChI is InChI=1S/C29H31FN8O2/c1-17-14-38(18(2)13-37(17)24-11-25(39)36(4)23-10-9-22(12-31)32-26(23)24)27(19-5-7-21(30)8-6-19)29-33-28(34-40-29)20-15-35(3)16-20/h5-11,17-18,20,27H,13-16H2,1-4H3/t17-,18?,27?/m0/s1.